The molecule has 0 unspecified atom stereocenters. The standard InChI is InChI=1S/C19H21N3O4/c1-24-16-5-2-3-6-17(16)25-13-15-7-8-18(26-15)19(23)21-9-4-11-22-12-10-20-14-22/h2-3,5-8,10,12,14H,4,9,11,13H2,1H3,(H,21,23). The Morgan fingerprint density at radius 3 is 2.85 bits per heavy atom. The molecule has 0 radical (unpaired) electrons. The van der Waals surface area contributed by atoms with E-state index in [1.54, 1.807) is 31.8 Å². The second-order valence-corrected chi connectivity index (χ2v) is 5.62. The SMILES string of the molecule is COc1ccccc1OCc1ccc(C(=O)NCCCn2ccnc2)o1. The molecule has 0 aliphatic heterocycles. The van der Waals surface area contributed by atoms with Crippen LogP contribution in [-0.2, 0) is 13.2 Å². The number of imidazole rings is 1. The molecule has 136 valence electrons. The third-order valence-corrected chi connectivity index (χ3v) is 3.76. The van der Waals surface area contributed by atoms with Crippen LogP contribution in [0.4, 0.5) is 0 Å². The fraction of sp³-hybridized carbons (Fsp3) is 0.263. The minimum absolute atomic E-state index is 0.217. The lowest BCUT2D eigenvalue weighted by atomic mass is 10.3. The van der Waals surface area contributed by atoms with Crippen LogP contribution in [0.5, 0.6) is 11.5 Å². The van der Waals surface area contributed by atoms with Gasteiger partial charge in [0.05, 0.1) is 13.4 Å². The number of para-hydroxylation sites is 2. The Labute approximate surface area is 151 Å². The smallest absolute Gasteiger partial charge is 0.286 e. The molecule has 0 aliphatic carbocycles. The van der Waals surface area contributed by atoms with Gasteiger partial charge in [0.1, 0.15) is 12.4 Å². The number of benzene rings is 1. The van der Waals surface area contributed by atoms with Crippen LogP contribution >= 0.6 is 0 Å². The van der Waals surface area contributed by atoms with Gasteiger partial charge in [-0.3, -0.25) is 4.79 Å². The van der Waals surface area contributed by atoms with E-state index in [1.807, 2.05) is 35.0 Å². The fourth-order valence-electron chi connectivity index (χ4n) is 2.43. The van der Waals surface area contributed by atoms with E-state index < -0.39 is 0 Å². The summed E-state index contributed by atoms with van der Waals surface area (Å²) in [6, 6.07) is 10.7. The first-order valence-corrected chi connectivity index (χ1v) is 8.35. The van der Waals surface area contributed by atoms with Gasteiger partial charge in [-0.15, -0.1) is 0 Å². The number of carbonyl (C=O) groups is 1. The summed E-state index contributed by atoms with van der Waals surface area (Å²) in [5.41, 5.74) is 0. The maximum atomic E-state index is 12.1. The van der Waals surface area contributed by atoms with Gasteiger partial charge in [0.15, 0.2) is 17.3 Å². The number of nitrogens with zero attached hydrogens (tertiary/aromatic N) is 2. The topological polar surface area (TPSA) is 78.5 Å². The van der Waals surface area contributed by atoms with Crippen molar-refractivity contribution in [1.82, 2.24) is 14.9 Å². The van der Waals surface area contributed by atoms with Crippen LogP contribution in [0.1, 0.15) is 22.7 Å². The van der Waals surface area contributed by atoms with E-state index in [0.717, 1.165) is 13.0 Å². The summed E-state index contributed by atoms with van der Waals surface area (Å²) < 4.78 is 18.4. The molecule has 1 aromatic carbocycles. The van der Waals surface area contributed by atoms with E-state index in [1.165, 1.54) is 0 Å². The fourth-order valence-corrected chi connectivity index (χ4v) is 2.43. The molecule has 26 heavy (non-hydrogen) atoms. The minimum atomic E-state index is -0.237. The van der Waals surface area contributed by atoms with Gasteiger partial charge in [-0.05, 0) is 30.7 Å². The third-order valence-electron chi connectivity index (χ3n) is 3.76. The molecule has 2 heterocycles. The number of methoxy groups -OCH3 is 1. The van der Waals surface area contributed by atoms with Crippen molar-refractivity contribution in [3.05, 3.63) is 66.6 Å². The predicted octanol–water partition coefficient (Wildman–Crippen LogP) is 2.88. The van der Waals surface area contributed by atoms with E-state index in [2.05, 4.69) is 10.3 Å². The number of aromatic nitrogens is 2. The highest BCUT2D eigenvalue weighted by molar-refractivity contribution is 5.91. The number of rotatable bonds is 9. The molecule has 0 fully saturated rings. The van der Waals surface area contributed by atoms with Gasteiger partial charge in [0, 0.05) is 25.5 Å². The van der Waals surface area contributed by atoms with Crippen molar-refractivity contribution in [2.45, 2.75) is 19.6 Å². The molecular weight excluding hydrogens is 334 g/mol. The van der Waals surface area contributed by atoms with Gasteiger partial charge in [0.25, 0.3) is 5.91 Å². The van der Waals surface area contributed by atoms with Crippen molar-refractivity contribution in [3.63, 3.8) is 0 Å². The van der Waals surface area contributed by atoms with Crippen LogP contribution < -0.4 is 14.8 Å². The van der Waals surface area contributed by atoms with Crippen LogP contribution in [0, 0.1) is 0 Å². The number of amides is 1. The first-order chi connectivity index (χ1) is 12.8. The lowest BCUT2D eigenvalue weighted by Gasteiger charge is -2.08. The van der Waals surface area contributed by atoms with E-state index in [9.17, 15) is 4.79 Å². The summed E-state index contributed by atoms with van der Waals surface area (Å²) in [6.07, 6.45) is 6.19. The van der Waals surface area contributed by atoms with E-state index in [-0.39, 0.29) is 18.3 Å². The molecule has 3 rings (SSSR count). The quantitative estimate of drug-likeness (QED) is 0.597. The molecule has 0 bridgehead atoms. The monoisotopic (exact) mass is 355 g/mol. The Hall–Kier alpha value is -3.22. The maximum Gasteiger partial charge on any atom is 0.286 e. The predicted molar refractivity (Wildman–Crippen MR) is 95.2 cm³/mol. The van der Waals surface area contributed by atoms with E-state index in [0.29, 0.717) is 23.8 Å². The van der Waals surface area contributed by atoms with Gasteiger partial charge in [-0.2, -0.15) is 0 Å². The summed E-state index contributed by atoms with van der Waals surface area (Å²) in [5.74, 6) is 1.87. The highest BCUT2D eigenvalue weighted by Gasteiger charge is 2.11. The zero-order valence-corrected chi connectivity index (χ0v) is 14.6. The van der Waals surface area contributed by atoms with E-state index >= 15 is 0 Å². The molecule has 1 amide bonds. The lowest BCUT2D eigenvalue weighted by Crippen LogP contribution is -2.24. The zero-order chi connectivity index (χ0) is 18.2. The van der Waals surface area contributed by atoms with Gasteiger partial charge < -0.3 is 23.8 Å². The highest BCUT2D eigenvalue weighted by Crippen LogP contribution is 2.26. The van der Waals surface area contributed by atoms with Crippen LogP contribution in [0.2, 0.25) is 0 Å². The van der Waals surface area contributed by atoms with Crippen LogP contribution in [0.15, 0.2) is 59.5 Å². The number of ether oxygens (including phenoxy) is 2. The average molecular weight is 355 g/mol. The molecule has 2 aromatic heterocycles. The Bertz CT molecular complexity index is 827. The molecular formula is C19H21N3O4. The number of aryl methyl sites for hydroxylation is 1. The molecule has 0 spiro atoms. The Morgan fingerprint density at radius 1 is 1.23 bits per heavy atom. The number of nitrogens with one attached hydrogen (secondary N) is 1. The first kappa shape index (κ1) is 17.6. The minimum Gasteiger partial charge on any atom is -0.493 e. The lowest BCUT2D eigenvalue weighted by molar-refractivity contribution is 0.0921. The largest absolute Gasteiger partial charge is 0.493 e. The Morgan fingerprint density at radius 2 is 2.08 bits per heavy atom. The van der Waals surface area contributed by atoms with E-state index in [4.69, 9.17) is 13.9 Å². The molecule has 0 saturated heterocycles. The summed E-state index contributed by atoms with van der Waals surface area (Å²) in [7, 11) is 1.59. The second kappa shape index (κ2) is 8.75. The number of carbonyl (C=O) groups excluding carboxylic acids is 1. The summed E-state index contributed by atoms with van der Waals surface area (Å²) in [4.78, 5) is 16.1. The number of furan rings is 1. The van der Waals surface area contributed by atoms with Crippen molar-refractivity contribution in [2.75, 3.05) is 13.7 Å². The number of hydrogen-bond donors (Lipinski definition) is 1. The summed E-state index contributed by atoms with van der Waals surface area (Å²) in [6.45, 7) is 1.58. The van der Waals surface area contributed by atoms with Crippen molar-refractivity contribution >= 4 is 5.91 Å². The first-order valence-electron chi connectivity index (χ1n) is 8.35. The zero-order valence-electron chi connectivity index (χ0n) is 14.6. The second-order valence-electron chi connectivity index (χ2n) is 5.62. The Kier molecular flexibility index (Phi) is 5.92. The van der Waals surface area contributed by atoms with Gasteiger partial charge in [-0.25, -0.2) is 4.98 Å². The molecule has 7 nitrogen and oxygen atoms in total. The van der Waals surface area contributed by atoms with Gasteiger partial charge >= 0.3 is 0 Å². The third kappa shape index (κ3) is 4.66. The Balaban J connectivity index is 1.45. The molecule has 3 aromatic rings. The van der Waals surface area contributed by atoms with Crippen molar-refractivity contribution in [3.8, 4) is 11.5 Å². The van der Waals surface area contributed by atoms with Crippen molar-refractivity contribution in [1.29, 1.82) is 0 Å². The molecule has 1 N–H and O–H groups in total. The van der Waals surface area contributed by atoms with Gasteiger partial charge in [-0.1, -0.05) is 12.1 Å². The van der Waals surface area contributed by atoms with Crippen LogP contribution in [0.25, 0.3) is 0 Å². The van der Waals surface area contributed by atoms with Crippen molar-refractivity contribution in [2.24, 2.45) is 0 Å². The normalized spacial score (nSPS) is 10.5. The van der Waals surface area contributed by atoms with Gasteiger partial charge in [0.2, 0.25) is 0 Å². The molecule has 0 saturated carbocycles. The number of hydrogen-bond acceptors (Lipinski definition) is 5. The van der Waals surface area contributed by atoms with Crippen molar-refractivity contribution < 1.29 is 18.7 Å². The summed E-state index contributed by atoms with van der Waals surface area (Å²) in [5, 5.41) is 2.84. The highest BCUT2D eigenvalue weighted by atomic mass is 16.5. The molecule has 0 aliphatic rings. The maximum absolute atomic E-state index is 12.1. The molecule has 7 heteroatoms. The van der Waals surface area contributed by atoms with Crippen LogP contribution in [-0.4, -0.2) is 29.1 Å². The molecule has 0 atom stereocenters. The average Bonchev–Trinajstić information content (AvgIpc) is 3.35. The van der Waals surface area contributed by atoms with Crippen LogP contribution in [0.3, 0.4) is 0 Å². The summed E-state index contributed by atoms with van der Waals surface area (Å²) >= 11 is 0.